The summed E-state index contributed by atoms with van der Waals surface area (Å²) in [5, 5.41) is 3.04. The second kappa shape index (κ2) is 7.49. The summed E-state index contributed by atoms with van der Waals surface area (Å²) < 4.78 is 43.3. The predicted molar refractivity (Wildman–Crippen MR) is 84.2 cm³/mol. The van der Waals surface area contributed by atoms with Crippen molar-refractivity contribution < 1.29 is 22.7 Å². The maximum atomic E-state index is 12.8. The number of benzene rings is 2. The average molecular weight is 337 g/mol. The first-order valence-electron chi connectivity index (χ1n) is 7.39. The van der Waals surface area contributed by atoms with E-state index in [0.717, 1.165) is 12.1 Å². The number of hydrogen-bond acceptors (Lipinski definition) is 3. The molecule has 1 N–H and O–H groups in total. The van der Waals surface area contributed by atoms with Gasteiger partial charge in [0.25, 0.3) is 0 Å². The second-order valence-corrected chi connectivity index (χ2v) is 5.38. The molecular formula is C18H18F3NO2. The molecule has 6 heteroatoms. The molecule has 0 amide bonds. The third-order valence-corrected chi connectivity index (χ3v) is 3.70. The van der Waals surface area contributed by atoms with E-state index < -0.39 is 29.8 Å². The number of methoxy groups -OCH3 is 1. The molecule has 0 aliphatic heterocycles. The van der Waals surface area contributed by atoms with Crippen LogP contribution < -0.4 is 5.32 Å². The van der Waals surface area contributed by atoms with Crippen molar-refractivity contribution in [1.29, 1.82) is 0 Å². The lowest BCUT2D eigenvalue weighted by molar-refractivity contribution is -0.143. The monoisotopic (exact) mass is 337 g/mol. The minimum absolute atomic E-state index is 0.439. The molecule has 0 aliphatic rings. The zero-order valence-corrected chi connectivity index (χ0v) is 13.3. The summed E-state index contributed by atoms with van der Waals surface area (Å²) in [6.07, 6.45) is -4.41. The molecule has 0 fully saturated rings. The number of ether oxygens (including phenoxy) is 1. The van der Waals surface area contributed by atoms with Crippen molar-refractivity contribution in [3.63, 3.8) is 0 Å². The van der Waals surface area contributed by atoms with Crippen LogP contribution >= 0.6 is 0 Å². The first-order chi connectivity index (χ1) is 11.3. The highest BCUT2D eigenvalue weighted by atomic mass is 19.4. The number of esters is 1. The van der Waals surface area contributed by atoms with Crippen LogP contribution in [0.3, 0.4) is 0 Å². The molecule has 0 aromatic heterocycles. The van der Waals surface area contributed by atoms with E-state index in [-0.39, 0.29) is 0 Å². The summed E-state index contributed by atoms with van der Waals surface area (Å²) >= 11 is 0. The smallest absolute Gasteiger partial charge is 0.416 e. The van der Waals surface area contributed by atoms with Crippen molar-refractivity contribution in [3.8, 4) is 0 Å². The van der Waals surface area contributed by atoms with Gasteiger partial charge in [0, 0.05) is 6.04 Å². The minimum atomic E-state index is -4.41. The van der Waals surface area contributed by atoms with E-state index in [1.807, 2.05) is 6.07 Å². The molecular weight excluding hydrogens is 319 g/mol. The fourth-order valence-electron chi connectivity index (χ4n) is 2.39. The van der Waals surface area contributed by atoms with E-state index >= 15 is 0 Å². The molecule has 0 spiro atoms. The lowest BCUT2D eigenvalue weighted by Crippen LogP contribution is -2.31. The van der Waals surface area contributed by atoms with Gasteiger partial charge in [0.2, 0.25) is 0 Å². The Balaban J connectivity index is 2.25. The first kappa shape index (κ1) is 18.0. The maximum Gasteiger partial charge on any atom is 0.416 e. The van der Waals surface area contributed by atoms with Crippen LogP contribution in [0.4, 0.5) is 13.2 Å². The van der Waals surface area contributed by atoms with E-state index in [1.165, 1.54) is 13.2 Å². The number of nitrogens with one attached hydrogen (secondary N) is 1. The Hall–Kier alpha value is -2.34. The Labute approximate surface area is 138 Å². The number of alkyl halides is 3. The zero-order valence-electron chi connectivity index (χ0n) is 13.3. The van der Waals surface area contributed by atoms with Gasteiger partial charge in [-0.05, 0) is 30.2 Å². The number of halogens is 3. The lowest BCUT2D eigenvalue weighted by atomic mass is 10.0. The Morgan fingerprint density at radius 3 is 2.25 bits per heavy atom. The van der Waals surface area contributed by atoms with Gasteiger partial charge in [0.1, 0.15) is 6.04 Å². The molecule has 2 aromatic rings. The van der Waals surface area contributed by atoms with Gasteiger partial charge in [-0.2, -0.15) is 13.2 Å². The summed E-state index contributed by atoms with van der Waals surface area (Å²) in [6, 6.07) is 12.7. The summed E-state index contributed by atoms with van der Waals surface area (Å²) in [5.74, 6) is -0.500. The van der Waals surface area contributed by atoms with Crippen LogP contribution in [0.1, 0.15) is 35.7 Å². The van der Waals surface area contributed by atoms with Crippen molar-refractivity contribution in [1.82, 2.24) is 5.32 Å². The van der Waals surface area contributed by atoms with Gasteiger partial charge in [-0.15, -0.1) is 0 Å². The highest BCUT2D eigenvalue weighted by Crippen LogP contribution is 2.31. The number of carbonyl (C=O) groups is 1. The topological polar surface area (TPSA) is 38.3 Å². The van der Waals surface area contributed by atoms with Crippen LogP contribution in [0.2, 0.25) is 0 Å². The quantitative estimate of drug-likeness (QED) is 0.828. The SMILES string of the molecule is COC(=O)[C@H](N[C@H](C)c1cccc(C(F)(F)F)c1)c1ccccc1. The Morgan fingerprint density at radius 2 is 1.67 bits per heavy atom. The number of rotatable bonds is 5. The molecule has 128 valence electrons. The Bertz CT molecular complexity index is 686. The molecule has 2 aromatic carbocycles. The normalized spacial score (nSPS) is 14.0. The third kappa shape index (κ3) is 4.35. The molecule has 0 saturated heterocycles. The summed E-state index contributed by atoms with van der Waals surface area (Å²) in [7, 11) is 1.27. The second-order valence-electron chi connectivity index (χ2n) is 5.38. The fourth-order valence-corrected chi connectivity index (χ4v) is 2.39. The van der Waals surface area contributed by atoms with Gasteiger partial charge in [-0.1, -0.05) is 42.5 Å². The molecule has 0 radical (unpaired) electrons. The van der Waals surface area contributed by atoms with Crippen LogP contribution in [0.25, 0.3) is 0 Å². The minimum Gasteiger partial charge on any atom is -0.468 e. The van der Waals surface area contributed by atoms with Crippen LogP contribution in [0.15, 0.2) is 54.6 Å². The van der Waals surface area contributed by atoms with Crippen LogP contribution in [0, 0.1) is 0 Å². The van der Waals surface area contributed by atoms with Crippen LogP contribution in [-0.4, -0.2) is 13.1 Å². The molecule has 0 bridgehead atoms. The van der Waals surface area contributed by atoms with Gasteiger partial charge in [-0.25, -0.2) is 4.79 Å². The fraction of sp³-hybridized carbons (Fsp3) is 0.278. The molecule has 0 heterocycles. The van der Waals surface area contributed by atoms with Gasteiger partial charge >= 0.3 is 12.1 Å². The summed E-state index contributed by atoms with van der Waals surface area (Å²) in [6.45, 7) is 1.70. The zero-order chi connectivity index (χ0) is 17.7. The standard InChI is InChI=1S/C18H18F3NO2/c1-12(14-9-6-10-15(11-14)18(19,20)21)22-16(17(23)24-2)13-7-4-3-5-8-13/h3-12,16,22H,1-2H3/t12-,16-/m1/s1. The molecule has 0 unspecified atom stereocenters. The lowest BCUT2D eigenvalue weighted by Gasteiger charge is -2.22. The van der Waals surface area contributed by atoms with Crippen LogP contribution in [-0.2, 0) is 15.7 Å². The maximum absolute atomic E-state index is 12.8. The molecule has 2 rings (SSSR count). The van der Waals surface area contributed by atoms with E-state index in [2.05, 4.69) is 5.32 Å². The highest BCUT2D eigenvalue weighted by molar-refractivity contribution is 5.77. The molecule has 0 saturated carbocycles. The Kier molecular flexibility index (Phi) is 5.62. The van der Waals surface area contributed by atoms with Gasteiger partial charge in [-0.3, -0.25) is 5.32 Å². The van der Waals surface area contributed by atoms with Crippen molar-refractivity contribution >= 4 is 5.97 Å². The van der Waals surface area contributed by atoms with Crippen molar-refractivity contribution in [2.75, 3.05) is 7.11 Å². The van der Waals surface area contributed by atoms with Crippen molar-refractivity contribution in [2.24, 2.45) is 0 Å². The van der Waals surface area contributed by atoms with E-state index in [4.69, 9.17) is 4.74 Å². The van der Waals surface area contributed by atoms with E-state index in [9.17, 15) is 18.0 Å². The first-order valence-corrected chi connectivity index (χ1v) is 7.39. The van der Waals surface area contributed by atoms with Gasteiger partial charge < -0.3 is 4.74 Å². The molecule has 3 nitrogen and oxygen atoms in total. The van der Waals surface area contributed by atoms with Gasteiger partial charge in [0.05, 0.1) is 12.7 Å². The van der Waals surface area contributed by atoms with Crippen molar-refractivity contribution in [3.05, 3.63) is 71.3 Å². The summed E-state index contributed by atoms with van der Waals surface area (Å²) in [5.41, 5.74) is 0.404. The number of carbonyl (C=O) groups excluding carboxylic acids is 1. The van der Waals surface area contributed by atoms with E-state index in [1.54, 1.807) is 37.3 Å². The molecule has 2 atom stereocenters. The third-order valence-electron chi connectivity index (χ3n) is 3.70. The summed E-state index contributed by atoms with van der Waals surface area (Å²) in [4.78, 5) is 12.0. The predicted octanol–water partition coefficient (Wildman–Crippen LogP) is 4.27. The largest absolute Gasteiger partial charge is 0.468 e. The highest BCUT2D eigenvalue weighted by Gasteiger charge is 2.31. The Morgan fingerprint density at radius 1 is 1.04 bits per heavy atom. The number of hydrogen-bond donors (Lipinski definition) is 1. The molecule has 24 heavy (non-hydrogen) atoms. The molecule has 0 aliphatic carbocycles. The van der Waals surface area contributed by atoms with Crippen molar-refractivity contribution in [2.45, 2.75) is 25.2 Å². The average Bonchev–Trinajstić information content (AvgIpc) is 2.59. The van der Waals surface area contributed by atoms with E-state index in [0.29, 0.717) is 11.1 Å². The van der Waals surface area contributed by atoms with Crippen LogP contribution in [0.5, 0.6) is 0 Å². The van der Waals surface area contributed by atoms with Gasteiger partial charge in [0.15, 0.2) is 0 Å².